The number of halogens is 1. The second-order valence-corrected chi connectivity index (χ2v) is 4.82. The van der Waals surface area contributed by atoms with Crippen molar-refractivity contribution in [3.8, 4) is 0 Å². The molecule has 17 heavy (non-hydrogen) atoms. The van der Waals surface area contributed by atoms with Gasteiger partial charge in [0.25, 0.3) is 5.56 Å². The van der Waals surface area contributed by atoms with E-state index in [-0.39, 0.29) is 10.7 Å². The van der Waals surface area contributed by atoms with Gasteiger partial charge in [0.2, 0.25) is 0 Å². The monoisotopic (exact) mass is 257 g/mol. The zero-order chi connectivity index (χ0) is 12.3. The van der Waals surface area contributed by atoms with Crippen LogP contribution >= 0.6 is 11.6 Å². The SMILES string of the molecule is O=c1[nH]c(=O)n(CCC2CCNCC2)cc1Cl. The maximum Gasteiger partial charge on any atom is 0.328 e. The molecule has 5 nitrogen and oxygen atoms in total. The van der Waals surface area contributed by atoms with E-state index in [0.717, 1.165) is 32.4 Å². The van der Waals surface area contributed by atoms with Crippen molar-refractivity contribution in [3.05, 3.63) is 32.1 Å². The maximum atomic E-state index is 11.5. The fourth-order valence-corrected chi connectivity index (χ4v) is 2.31. The van der Waals surface area contributed by atoms with Gasteiger partial charge in [-0.3, -0.25) is 14.3 Å². The first-order chi connectivity index (χ1) is 8.16. The van der Waals surface area contributed by atoms with E-state index < -0.39 is 5.56 Å². The molecule has 0 aromatic carbocycles. The number of hydrogen-bond donors (Lipinski definition) is 2. The molecular formula is C11H16ClN3O2. The first-order valence-corrected chi connectivity index (χ1v) is 6.24. The Morgan fingerprint density at radius 2 is 2.06 bits per heavy atom. The van der Waals surface area contributed by atoms with Gasteiger partial charge in [-0.1, -0.05) is 11.6 Å². The summed E-state index contributed by atoms with van der Waals surface area (Å²) in [6, 6.07) is 0. The number of H-pyrrole nitrogens is 1. The first kappa shape index (κ1) is 12.4. The van der Waals surface area contributed by atoms with Gasteiger partial charge in [0.05, 0.1) is 0 Å². The largest absolute Gasteiger partial charge is 0.328 e. The van der Waals surface area contributed by atoms with Gasteiger partial charge in [-0.05, 0) is 38.3 Å². The summed E-state index contributed by atoms with van der Waals surface area (Å²) in [5, 5.41) is 3.37. The molecule has 1 aromatic heterocycles. The number of rotatable bonds is 3. The summed E-state index contributed by atoms with van der Waals surface area (Å²) in [5.74, 6) is 0.647. The van der Waals surface area contributed by atoms with Crippen molar-refractivity contribution in [2.75, 3.05) is 13.1 Å². The Labute approximate surface area is 104 Å². The lowest BCUT2D eigenvalue weighted by molar-refractivity contribution is 0.335. The Bertz CT molecular complexity index is 488. The molecule has 1 aromatic rings. The average Bonchev–Trinajstić information content (AvgIpc) is 2.33. The van der Waals surface area contributed by atoms with E-state index in [2.05, 4.69) is 10.3 Å². The fourth-order valence-electron chi connectivity index (χ4n) is 2.14. The van der Waals surface area contributed by atoms with E-state index >= 15 is 0 Å². The highest BCUT2D eigenvalue weighted by atomic mass is 35.5. The van der Waals surface area contributed by atoms with Crippen LogP contribution in [-0.2, 0) is 6.54 Å². The third kappa shape index (κ3) is 3.20. The highest BCUT2D eigenvalue weighted by Crippen LogP contribution is 2.16. The number of hydrogen-bond acceptors (Lipinski definition) is 3. The number of aromatic nitrogens is 2. The normalized spacial score (nSPS) is 17.2. The van der Waals surface area contributed by atoms with Gasteiger partial charge >= 0.3 is 5.69 Å². The highest BCUT2D eigenvalue weighted by Gasteiger charge is 2.13. The molecule has 0 spiro atoms. The second kappa shape index (κ2) is 5.51. The van der Waals surface area contributed by atoms with E-state index in [1.54, 1.807) is 0 Å². The molecule has 0 saturated carbocycles. The molecule has 1 saturated heterocycles. The van der Waals surface area contributed by atoms with Crippen LogP contribution in [0.3, 0.4) is 0 Å². The molecule has 0 aliphatic carbocycles. The van der Waals surface area contributed by atoms with Crippen molar-refractivity contribution >= 4 is 11.6 Å². The van der Waals surface area contributed by atoms with Gasteiger partial charge < -0.3 is 5.32 Å². The third-order valence-electron chi connectivity index (χ3n) is 3.20. The molecule has 2 N–H and O–H groups in total. The van der Waals surface area contributed by atoms with Crippen LogP contribution in [0, 0.1) is 5.92 Å². The van der Waals surface area contributed by atoms with Crippen molar-refractivity contribution < 1.29 is 0 Å². The predicted octanol–water partition coefficient (Wildman–Crippen LogP) is 0.580. The van der Waals surface area contributed by atoms with Crippen LogP contribution in [0.1, 0.15) is 19.3 Å². The molecule has 1 aliphatic rings. The van der Waals surface area contributed by atoms with Crippen LogP contribution in [0.25, 0.3) is 0 Å². The van der Waals surface area contributed by atoms with Crippen LogP contribution in [0.4, 0.5) is 0 Å². The Morgan fingerprint density at radius 1 is 1.35 bits per heavy atom. The number of nitrogens with zero attached hydrogens (tertiary/aromatic N) is 1. The van der Waals surface area contributed by atoms with Crippen LogP contribution in [0.5, 0.6) is 0 Å². The Hall–Kier alpha value is -1.07. The number of nitrogens with one attached hydrogen (secondary N) is 2. The number of aryl methyl sites for hydroxylation is 1. The van der Waals surface area contributed by atoms with Gasteiger partial charge in [-0.2, -0.15) is 0 Å². The summed E-state index contributed by atoms with van der Waals surface area (Å²) >= 11 is 5.69. The molecule has 94 valence electrons. The summed E-state index contributed by atoms with van der Waals surface area (Å²) in [6.07, 6.45) is 4.66. The lowest BCUT2D eigenvalue weighted by Gasteiger charge is -2.22. The zero-order valence-corrected chi connectivity index (χ0v) is 10.3. The van der Waals surface area contributed by atoms with Crippen LogP contribution in [0.15, 0.2) is 15.8 Å². The summed E-state index contributed by atoms with van der Waals surface area (Å²) in [6.45, 7) is 2.71. The fraction of sp³-hybridized carbons (Fsp3) is 0.636. The second-order valence-electron chi connectivity index (χ2n) is 4.41. The van der Waals surface area contributed by atoms with Crippen molar-refractivity contribution in [2.24, 2.45) is 5.92 Å². The molecule has 2 heterocycles. The Balaban J connectivity index is 2.01. The van der Waals surface area contributed by atoms with Gasteiger partial charge in [0.1, 0.15) is 5.02 Å². The van der Waals surface area contributed by atoms with E-state index in [0.29, 0.717) is 12.5 Å². The van der Waals surface area contributed by atoms with Crippen molar-refractivity contribution in [3.63, 3.8) is 0 Å². The molecule has 0 radical (unpaired) electrons. The smallest absolute Gasteiger partial charge is 0.317 e. The summed E-state index contributed by atoms with van der Waals surface area (Å²) in [5.41, 5.74) is -0.900. The van der Waals surface area contributed by atoms with Gasteiger partial charge in [0, 0.05) is 12.7 Å². The van der Waals surface area contributed by atoms with Crippen molar-refractivity contribution in [1.29, 1.82) is 0 Å². The van der Waals surface area contributed by atoms with Crippen molar-refractivity contribution in [2.45, 2.75) is 25.8 Å². The standard InChI is InChI=1S/C11H16ClN3O2/c12-9-7-15(11(17)14-10(9)16)6-3-8-1-4-13-5-2-8/h7-8,13H,1-6H2,(H,14,16,17). The maximum absolute atomic E-state index is 11.5. The van der Waals surface area contributed by atoms with E-state index in [4.69, 9.17) is 11.6 Å². The third-order valence-corrected chi connectivity index (χ3v) is 3.47. The summed E-state index contributed by atoms with van der Waals surface area (Å²) in [7, 11) is 0. The van der Waals surface area contributed by atoms with E-state index in [9.17, 15) is 9.59 Å². The van der Waals surface area contributed by atoms with Gasteiger partial charge in [0.15, 0.2) is 0 Å². The van der Waals surface area contributed by atoms with Gasteiger partial charge in [-0.25, -0.2) is 4.79 Å². The molecule has 0 unspecified atom stereocenters. The van der Waals surface area contributed by atoms with Crippen molar-refractivity contribution in [1.82, 2.24) is 14.9 Å². The topological polar surface area (TPSA) is 66.9 Å². The molecule has 0 atom stereocenters. The molecular weight excluding hydrogens is 242 g/mol. The number of aromatic amines is 1. The lowest BCUT2D eigenvalue weighted by atomic mass is 9.95. The zero-order valence-electron chi connectivity index (χ0n) is 9.54. The predicted molar refractivity (Wildman–Crippen MR) is 66.5 cm³/mol. The van der Waals surface area contributed by atoms with E-state index in [1.165, 1.54) is 10.8 Å². The highest BCUT2D eigenvalue weighted by molar-refractivity contribution is 6.30. The molecule has 0 amide bonds. The molecule has 6 heteroatoms. The summed E-state index contributed by atoms with van der Waals surface area (Å²) < 4.78 is 1.48. The Kier molecular flexibility index (Phi) is 4.02. The van der Waals surface area contributed by atoms with Crippen LogP contribution < -0.4 is 16.6 Å². The van der Waals surface area contributed by atoms with Crippen LogP contribution in [-0.4, -0.2) is 22.6 Å². The van der Waals surface area contributed by atoms with E-state index in [1.807, 2.05) is 0 Å². The summed E-state index contributed by atoms with van der Waals surface area (Å²) in [4.78, 5) is 24.8. The quantitative estimate of drug-likeness (QED) is 0.833. The minimum Gasteiger partial charge on any atom is -0.317 e. The molecule has 0 bridgehead atoms. The minimum atomic E-state index is -0.519. The van der Waals surface area contributed by atoms with Crippen LogP contribution in [0.2, 0.25) is 5.02 Å². The average molecular weight is 258 g/mol. The van der Waals surface area contributed by atoms with Gasteiger partial charge in [-0.15, -0.1) is 0 Å². The lowest BCUT2D eigenvalue weighted by Crippen LogP contribution is -2.32. The number of piperidine rings is 1. The molecule has 1 fully saturated rings. The molecule has 2 rings (SSSR count). The first-order valence-electron chi connectivity index (χ1n) is 5.87. The Morgan fingerprint density at radius 3 is 2.76 bits per heavy atom. The minimum absolute atomic E-state index is 0.0647. The molecule has 1 aliphatic heterocycles.